The molecule has 1 unspecified atom stereocenters. The number of hydrogen-bond acceptors (Lipinski definition) is 3. The third-order valence-corrected chi connectivity index (χ3v) is 3.22. The standard InChI is InChI=1S/C14H19NO2/c15-8-3-4-12(16)10-11-7-9-17-14-6-2-1-5-13(11)14/h1-2,5-6,11H,3-4,7-10,15H2. The summed E-state index contributed by atoms with van der Waals surface area (Å²) < 4.78 is 5.59. The van der Waals surface area contributed by atoms with Crippen LogP contribution in [-0.2, 0) is 4.79 Å². The monoisotopic (exact) mass is 233 g/mol. The van der Waals surface area contributed by atoms with Crippen molar-refractivity contribution in [3.05, 3.63) is 29.8 Å². The molecule has 0 fully saturated rings. The number of carbonyl (C=O) groups is 1. The molecule has 0 spiro atoms. The van der Waals surface area contributed by atoms with Crippen LogP contribution in [0.5, 0.6) is 5.75 Å². The first-order valence-corrected chi connectivity index (χ1v) is 6.24. The van der Waals surface area contributed by atoms with Gasteiger partial charge in [0.05, 0.1) is 6.61 Å². The van der Waals surface area contributed by atoms with Crippen LogP contribution in [0.25, 0.3) is 0 Å². The normalized spacial score (nSPS) is 18.3. The second kappa shape index (κ2) is 5.82. The highest BCUT2D eigenvalue weighted by atomic mass is 16.5. The van der Waals surface area contributed by atoms with Crippen LogP contribution in [0.2, 0.25) is 0 Å². The molecular formula is C14H19NO2. The summed E-state index contributed by atoms with van der Waals surface area (Å²) in [5.74, 6) is 1.58. The van der Waals surface area contributed by atoms with Crippen LogP contribution in [0.15, 0.2) is 24.3 Å². The number of ketones is 1. The molecule has 1 aliphatic rings. The first-order valence-electron chi connectivity index (χ1n) is 6.24. The van der Waals surface area contributed by atoms with E-state index >= 15 is 0 Å². The van der Waals surface area contributed by atoms with Crippen LogP contribution in [0.1, 0.15) is 37.2 Å². The Kier molecular flexibility index (Phi) is 4.15. The second-order valence-electron chi connectivity index (χ2n) is 4.51. The van der Waals surface area contributed by atoms with Gasteiger partial charge in [-0.05, 0) is 36.9 Å². The lowest BCUT2D eigenvalue weighted by Crippen LogP contribution is -2.17. The van der Waals surface area contributed by atoms with E-state index in [4.69, 9.17) is 10.5 Å². The minimum atomic E-state index is 0.317. The molecule has 2 rings (SSSR count). The SMILES string of the molecule is NCCCC(=O)CC1CCOc2ccccc21. The van der Waals surface area contributed by atoms with Gasteiger partial charge in [0.2, 0.25) is 0 Å². The van der Waals surface area contributed by atoms with E-state index < -0.39 is 0 Å². The number of Topliss-reactive ketones (excluding diaryl/α,β-unsaturated/α-hetero) is 1. The minimum Gasteiger partial charge on any atom is -0.493 e. The van der Waals surface area contributed by atoms with Crippen molar-refractivity contribution >= 4 is 5.78 Å². The molecule has 0 aromatic heterocycles. The summed E-state index contributed by atoms with van der Waals surface area (Å²) >= 11 is 0. The van der Waals surface area contributed by atoms with Crippen LogP contribution in [0, 0.1) is 0 Å². The van der Waals surface area contributed by atoms with Gasteiger partial charge in [0.15, 0.2) is 0 Å². The summed E-state index contributed by atoms with van der Waals surface area (Å²) in [5, 5.41) is 0. The Hall–Kier alpha value is -1.35. The van der Waals surface area contributed by atoms with E-state index in [1.165, 1.54) is 5.56 Å². The third kappa shape index (κ3) is 3.07. The molecule has 0 saturated heterocycles. The first kappa shape index (κ1) is 12.1. The van der Waals surface area contributed by atoms with Crippen molar-refractivity contribution in [2.75, 3.05) is 13.2 Å². The Morgan fingerprint density at radius 3 is 3.06 bits per heavy atom. The fourth-order valence-corrected chi connectivity index (χ4v) is 2.30. The van der Waals surface area contributed by atoms with E-state index in [1.807, 2.05) is 18.2 Å². The van der Waals surface area contributed by atoms with Gasteiger partial charge in [-0.1, -0.05) is 18.2 Å². The molecule has 0 amide bonds. The van der Waals surface area contributed by atoms with E-state index in [0.29, 0.717) is 37.7 Å². The number of ether oxygens (including phenoxy) is 1. The Balaban J connectivity index is 2.01. The van der Waals surface area contributed by atoms with Gasteiger partial charge in [0.1, 0.15) is 11.5 Å². The smallest absolute Gasteiger partial charge is 0.133 e. The largest absolute Gasteiger partial charge is 0.493 e. The van der Waals surface area contributed by atoms with Crippen molar-refractivity contribution < 1.29 is 9.53 Å². The van der Waals surface area contributed by atoms with Crippen LogP contribution < -0.4 is 10.5 Å². The number of fused-ring (bicyclic) bond motifs is 1. The summed E-state index contributed by atoms with van der Waals surface area (Å²) in [6, 6.07) is 8.02. The first-order chi connectivity index (χ1) is 8.31. The molecular weight excluding hydrogens is 214 g/mol. The maximum atomic E-state index is 11.8. The Morgan fingerprint density at radius 1 is 1.41 bits per heavy atom. The van der Waals surface area contributed by atoms with Crippen molar-refractivity contribution in [3.8, 4) is 5.75 Å². The lowest BCUT2D eigenvalue weighted by atomic mass is 9.88. The van der Waals surface area contributed by atoms with Crippen molar-refractivity contribution in [1.29, 1.82) is 0 Å². The third-order valence-electron chi connectivity index (χ3n) is 3.22. The maximum absolute atomic E-state index is 11.8. The number of hydrogen-bond donors (Lipinski definition) is 1. The second-order valence-corrected chi connectivity index (χ2v) is 4.51. The van der Waals surface area contributed by atoms with Crippen molar-refractivity contribution in [2.45, 2.75) is 31.6 Å². The summed E-state index contributed by atoms with van der Waals surface area (Å²) in [4.78, 5) is 11.8. The highest BCUT2D eigenvalue weighted by Gasteiger charge is 2.22. The molecule has 3 heteroatoms. The lowest BCUT2D eigenvalue weighted by Gasteiger charge is -2.25. The van der Waals surface area contributed by atoms with Crippen molar-refractivity contribution in [1.82, 2.24) is 0 Å². The van der Waals surface area contributed by atoms with E-state index in [-0.39, 0.29) is 0 Å². The molecule has 0 saturated carbocycles. The molecule has 1 aromatic rings. The molecule has 1 atom stereocenters. The van der Waals surface area contributed by atoms with Gasteiger partial charge in [-0.25, -0.2) is 0 Å². The number of carbonyl (C=O) groups excluding carboxylic acids is 1. The summed E-state index contributed by atoms with van der Waals surface area (Å²) in [5.41, 5.74) is 6.59. The molecule has 0 radical (unpaired) electrons. The van der Waals surface area contributed by atoms with Crippen molar-refractivity contribution in [2.24, 2.45) is 5.73 Å². The van der Waals surface area contributed by atoms with E-state index in [0.717, 1.165) is 18.6 Å². The van der Waals surface area contributed by atoms with Gasteiger partial charge in [-0.15, -0.1) is 0 Å². The van der Waals surface area contributed by atoms with Crippen LogP contribution in [-0.4, -0.2) is 18.9 Å². The average Bonchev–Trinajstić information content (AvgIpc) is 2.37. The average molecular weight is 233 g/mol. The zero-order valence-electron chi connectivity index (χ0n) is 10.0. The zero-order chi connectivity index (χ0) is 12.1. The van der Waals surface area contributed by atoms with Gasteiger partial charge in [-0.3, -0.25) is 4.79 Å². The molecule has 1 aromatic carbocycles. The molecule has 3 nitrogen and oxygen atoms in total. The Morgan fingerprint density at radius 2 is 2.24 bits per heavy atom. The molecule has 1 heterocycles. The Labute approximate surface area is 102 Å². The summed E-state index contributed by atoms with van der Waals surface area (Å²) in [7, 11) is 0. The van der Waals surface area contributed by atoms with Gasteiger partial charge in [0, 0.05) is 12.8 Å². The highest BCUT2D eigenvalue weighted by Crippen LogP contribution is 2.35. The van der Waals surface area contributed by atoms with E-state index in [2.05, 4.69) is 6.07 Å². The predicted octanol–water partition coefficient (Wildman–Crippen LogP) is 2.25. The number of benzene rings is 1. The van der Waals surface area contributed by atoms with Gasteiger partial charge in [0.25, 0.3) is 0 Å². The van der Waals surface area contributed by atoms with Crippen LogP contribution >= 0.6 is 0 Å². The number of rotatable bonds is 5. The molecule has 0 bridgehead atoms. The van der Waals surface area contributed by atoms with Gasteiger partial charge in [-0.2, -0.15) is 0 Å². The zero-order valence-corrected chi connectivity index (χ0v) is 10.0. The number of para-hydroxylation sites is 1. The van der Waals surface area contributed by atoms with Crippen molar-refractivity contribution in [3.63, 3.8) is 0 Å². The lowest BCUT2D eigenvalue weighted by molar-refractivity contribution is -0.119. The van der Waals surface area contributed by atoms with Crippen LogP contribution in [0.3, 0.4) is 0 Å². The minimum absolute atomic E-state index is 0.317. The van der Waals surface area contributed by atoms with Gasteiger partial charge < -0.3 is 10.5 Å². The summed E-state index contributed by atoms with van der Waals surface area (Å²) in [6.07, 6.45) is 2.96. The summed E-state index contributed by atoms with van der Waals surface area (Å²) in [6.45, 7) is 1.31. The molecule has 17 heavy (non-hydrogen) atoms. The maximum Gasteiger partial charge on any atom is 0.133 e. The molecule has 1 aliphatic heterocycles. The highest BCUT2D eigenvalue weighted by molar-refractivity contribution is 5.79. The fourth-order valence-electron chi connectivity index (χ4n) is 2.30. The molecule has 92 valence electrons. The fraction of sp³-hybridized carbons (Fsp3) is 0.500. The van der Waals surface area contributed by atoms with Crippen LogP contribution in [0.4, 0.5) is 0 Å². The Bertz CT molecular complexity index is 390. The molecule has 0 aliphatic carbocycles. The topological polar surface area (TPSA) is 52.3 Å². The molecule has 2 N–H and O–H groups in total. The predicted molar refractivity (Wildman–Crippen MR) is 67.2 cm³/mol. The number of nitrogens with two attached hydrogens (primary N) is 1. The van der Waals surface area contributed by atoms with E-state index in [9.17, 15) is 4.79 Å². The quantitative estimate of drug-likeness (QED) is 0.848. The van der Waals surface area contributed by atoms with E-state index in [1.54, 1.807) is 0 Å². The van der Waals surface area contributed by atoms with Gasteiger partial charge >= 0.3 is 0 Å².